The molecular weight excluding hydrogens is 262 g/mol. The molecule has 1 aromatic carbocycles. The van der Waals surface area contributed by atoms with Crippen molar-refractivity contribution in [1.82, 2.24) is 4.57 Å². The highest BCUT2D eigenvalue weighted by atomic mass is 35.5. The van der Waals surface area contributed by atoms with E-state index in [-0.39, 0.29) is 17.2 Å². The fourth-order valence-electron chi connectivity index (χ4n) is 2.06. The number of pyridine rings is 1. The summed E-state index contributed by atoms with van der Waals surface area (Å²) in [6, 6.07) is 12.8. The Kier molecular flexibility index (Phi) is 3.86. The first-order valence-electron chi connectivity index (χ1n) is 6.03. The summed E-state index contributed by atoms with van der Waals surface area (Å²) in [6.45, 7) is 3.80. The Balaban J connectivity index is 2.74. The number of halogens is 1. The average molecular weight is 276 g/mol. The van der Waals surface area contributed by atoms with E-state index < -0.39 is 5.24 Å². The molecule has 0 saturated heterocycles. The molecule has 0 bridgehead atoms. The van der Waals surface area contributed by atoms with Crippen molar-refractivity contribution in [3.8, 4) is 11.3 Å². The van der Waals surface area contributed by atoms with E-state index in [4.69, 9.17) is 11.6 Å². The van der Waals surface area contributed by atoms with Crippen molar-refractivity contribution in [3.63, 3.8) is 0 Å². The summed E-state index contributed by atoms with van der Waals surface area (Å²) < 4.78 is 1.59. The summed E-state index contributed by atoms with van der Waals surface area (Å²) in [5, 5.41) is -0.723. The van der Waals surface area contributed by atoms with E-state index in [9.17, 15) is 9.59 Å². The minimum absolute atomic E-state index is 0.00930. The predicted octanol–water partition coefficient (Wildman–Crippen LogP) is 3.48. The Labute approximate surface area is 116 Å². The van der Waals surface area contributed by atoms with Crippen LogP contribution in [0.4, 0.5) is 0 Å². The smallest absolute Gasteiger partial charge is 0.263 e. The minimum atomic E-state index is -0.723. The largest absolute Gasteiger partial charge is 0.305 e. The van der Waals surface area contributed by atoms with Crippen LogP contribution in [0.15, 0.2) is 47.3 Å². The van der Waals surface area contributed by atoms with Gasteiger partial charge in [-0.3, -0.25) is 9.59 Å². The normalized spacial score (nSPS) is 10.7. The third kappa shape index (κ3) is 2.61. The van der Waals surface area contributed by atoms with Gasteiger partial charge in [-0.25, -0.2) is 0 Å². The standard InChI is InChI=1S/C15H14ClNO2/c1-10(2)17-13(11-6-4-3-5-7-11)9-8-12(14(16)18)15(17)19/h3-10H,1-2H3. The van der Waals surface area contributed by atoms with E-state index in [1.54, 1.807) is 10.6 Å². The molecule has 0 fully saturated rings. The zero-order chi connectivity index (χ0) is 14.0. The van der Waals surface area contributed by atoms with Crippen LogP contribution in [-0.2, 0) is 0 Å². The first kappa shape index (κ1) is 13.6. The number of benzene rings is 1. The van der Waals surface area contributed by atoms with Gasteiger partial charge in [0.05, 0.1) is 11.3 Å². The lowest BCUT2D eigenvalue weighted by atomic mass is 10.1. The van der Waals surface area contributed by atoms with Crippen molar-refractivity contribution >= 4 is 16.8 Å². The van der Waals surface area contributed by atoms with Crippen molar-refractivity contribution in [1.29, 1.82) is 0 Å². The summed E-state index contributed by atoms with van der Waals surface area (Å²) >= 11 is 5.43. The quantitative estimate of drug-likeness (QED) is 0.805. The Morgan fingerprint density at radius 1 is 1.11 bits per heavy atom. The molecule has 0 radical (unpaired) electrons. The van der Waals surface area contributed by atoms with Crippen LogP contribution < -0.4 is 5.56 Å². The molecule has 4 heteroatoms. The summed E-state index contributed by atoms with van der Waals surface area (Å²) in [4.78, 5) is 23.5. The second-order valence-corrected chi connectivity index (χ2v) is 4.88. The van der Waals surface area contributed by atoms with Crippen LogP contribution in [0.5, 0.6) is 0 Å². The Bertz CT molecular complexity index is 660. The third-order valence-electron chi connectivity index (χ3n) is 2.91. The van der Waals surface area contributed by atoms with E-state index in [2.05, 4.69) is 0 Å². The first-order valence-corrected chi connectivity index (χ1v) is 6.41. The van der Waals surface area contributed by atoms with Gasteiger partial charge in [0.1, 0.15) is 0 Å². The van der Waals surface area contributed by atoms with E-state index in [0.717, 1.165) is 11.3 Å². The maximum absolute atomic E-state index is 12.3. The molecule has 0 spiro atoms. The van der Waals surface area contributed by atoms with Crippen LogP contribution in [0, 0.1) is 0 Å². The van der Waals surface area contributed by atoms with E-state index in [0.29, 0.717) is 0 Å². The first-order chi connectivity index (χ1) is 9.02. The monoisotopic (exact) mass is 275 g/mol. The average Bonchev–Trinajstić information content (AvgIpc) is 2.38. The zero-order valence-corrected chi connectivity index (χ0v) is 11.5. The molecule has 0 aliphatic heterocycles. The fraction of sp³-hybridized carbons (Fsp3) is 0.200. The number of rotatable bonds is 3. The third-order valence-corrected chi connectivity index (χ3v) is 3.12. The highest BCUT2D eigenvalue weighted by Gasteiger charge is 2.15. The van der Waals surface area contributed by atoms with Crippen LogP contribution >= 0.6 is 11.6 Å². The molecule has 2 aromatic rings. The molecule has 3 nitrogen and oxygen atoms in total. The highest BCUT2D eigenvalue weighted by Crippen LogP contribution is 2.21. The fourth-order valence-corrected chi connectivity index (χ4v) is 2.20. The lowest BCUT2D eigenvalue weighted by molar-refractivity contribution is 0.107. The number of nitrogens with zero attached hydrogens (tertiary/aromatic N) is 1. The Morgan fingerprint density at radius 3 is 2.26 bits per heavy atom. The Morgan fingerprint density at radius 2 is 1.74 bits per heavy atom. The lowest BCUT2D eigenvalue weighted by Crippen LogP contribution is -2.27. The van der Waals surface area contributed by atoms with Gasteiger partial charge >= 0.3 is 0 Å². The minimum Gasteiger partial charge on any atom is -0.305 e. The van der Waals surface area contributed by atoms with Crippen molar-refractivity contribution in [2.45, 2.75) is 19.9 Å². The van der Waals surface area contributed by atoms with Crippen LogP contribution in [0.1, 0.15) is 30.2 Å². The molecule has 1 heterocycles. The number of hydrogen-bond donors (Lipinski definition) is 0. The Hall–Kier alpha value is -1.87. The molecule has 0 aliphatic rings. The maximum Gasteiger partial charge on any atom is 0.263 e. The molecule has 0 amide bonds. The van der Waals surface area contributed by atoms with Gasteiger partial charge in [-0.2, -0.15) is 0 Å². The van der Waals surface area contributed by atoms with Crippen molar-refractivity contribution in [2.75, 3.05) is 0 Å². The molecule has 1 aromatic heterocycles. The van der Waals surface area contributed by atoms with E-state index in [1.165, 1.54) is 6.07 Å². The predicted molar refractivity (Wildman–Crippen MR) is 76.7 cm³/mol. The summed E-state index contributed by atoms with van der Waals surface area (Å²) in [7, 11) is 0. The summed E-state index contributed by atoms with van der Waals surface area (Å²) in [6.07, 6.45) is 0. The summed E-state index contributed by atoms with van der Waals surface area (Å²) in [5.41, 5.74) is 1.37. The molecule has 0 N–H and O–H groups in total. The molecule has 0 saturated carbocycles. The number of hydrogen-bond acceptors (Lipinski definition) is 2. The van der Waals surface area contributed by atoms with Gasteiger partial charge in [-0.1, -0.05) is 30.3 Å². The van der Waals surface area contributed by atoms with E-state index >= 15 is 0 Å². The van der Waals surface area contributed by atoms with Gasteiger partial charge in [0.15, 0.2) is 0 Å². The van der Waals surface area contributed by atoms with Crippen LogP contribution in [0.25, 0.3) is 11.3 Å². The van der Waals surface area contributed by atoms with Crippen molar-refractivity contribution in [2.24, 2.45) is 0 Å². The summed E-state index contributed by atoms with van der Waals surface area (Å²) in [5.74, 6) is 0. The topological polar surface area (TPSA) is 39.1 Å². The molecule has 0 atom stereocenters. The SMILES string of the molecule is CC(C)n1c(-c2ccccc2)ccc(C(=O)Cl)c1=O. The molecule has 0 unspecified atom stereocenters. The van der Waals surface area contributed by atoms with Gasteiger partial charge in [0.2, 0.25) is 0 Å². The van der Waals surface area contributed by atoms with Gasteiger partial charge in [0, 0.05) is 6.04 Å². The van der Waals surface area contributed by atoms with Crippen molar-refractivity contribution < 1.29 is 4.79 Å². The molecular formula is C15H14ClNO2. The van der Waals surface area contributed by atoms with Crippen LogP contribution in [0.2, 0.25) is 0 Å². The zero-order valence-electron chi connectivity index (χ0n) is 10.8. The van der Waals surface area contributed by atoms with E-state index in [1.807, 2.05) is 44.2 Å². The second-order valence-electron chi connectivity index (χ2n) is 4.54. The van der Waals surface area contributed by atoms with Gasteiger partial charge in [0.25, 0.3) is 10.8 Å². The number of aromatic nitrogens is 1. The highest BCUT2D eigenvalue weighted by molar-refractivity contribution is 6.67. The van der Waals surface area contributed by atoms with Gasteiger partial charge in [-0.15, -0.1) is 0 Å². The lowest BCUT2D eigenvalue weighted by Gasteiger charge is -2.17. The van der Waals surface area contributed by atoms with Gasteiger partial charge < -0.3 is 4.57 Å². The molecule has 0 aliphatic carbocycles. The van der Waals surface area contributed by atoms with Crippen molar-refractivity contribution in [3.05, 3.63) is 58.4 Å². The molecule has 98 valence electrons. The number of carbonyl (C=O) groups excluding carboxylic acids is 1. The van der Waals surface area contributed by atoms with Gasteiger partial charge in [-0.05, 0) is 43.1 Å². The van der Waals surface area contributed by atoms with Crippen LogP contribution in [-0.4, -0.2) is 9.81 Å². The molecule has 19 heavy (non-hydrogen) atoms. The molecule has 2 rings (SSSR count). The van der Waals surface area contributed by atoms with Crippen LogP contribution in [0.3, 0.4) is 0 Å². The second kappa shape index (κ2) is 5.41. The number of carbonyl (C=O) groups is 1. The maximum atomic E-state index is 12.3.